The van der Waals surface area contributed by atoms with Crippen molar-refractivity contribution >= 4 is 17.2 Å². The zero-order valence-electron chi connectivity index (χ0n) is 11.0. The Morgan fingerprint density at radius 1 is 1.30 bits per heavy atom. The number of hydrogen-bond acceptors (Lipinski definition) is 4. The van der Waals surface area contributed by atoms with E-state index in [-0.39, 0.29) is 11.1 Å². The molecule has 1 aromatic carbocycles. The molecule has 1 aliphatic rings. The third kappa shape index (κ3) is 2.63. The lowest BCUT2D eigenvalue weighted by atomic mass is 9.89. The lowest BCUT2D eigenvalue weighted by Gasteiger charge is -2.25. The van der Waals surface area contributed by atoms with E-state index in [1.807, 2.05) is 6.07 Å². The largest absolute Gasteiger partial charge is 0.455 e. The minimum atomic E-state index is 0.00143. The highest BCUT2D eigenvalue weighted by Gasteiger charge is 2.22. The van der Waals surface area contributed by atoms with E-state index in [1.54, 1.807) is 12.3 Å². The van der Waals surface area contributed by atoms with Gasteiger partial charge in [0.2, 0.25) is 0 Å². The molecular formula is C15H15N3OS. The monoisotopic (exact) mass is 285 g/mol. The van der Waals surface area contributed by atoms with Crippen LogP contribution in [0, 0.1) is 0 Å². The van der Waals surface area contributed by atoms with Crippen molar-refractivity contribution in [2.75, 3.05) is 0 Å². The zero-order chi connectivity index (χ0) is 13.9. The van der Waals surface area contributed by atoms with E-state index >= 15 is 0 Å². The third-order valence-electron chi connectivity index (χ3n) is 3.45. The summed E-state index contributed by atoms with van der Waals surface area (Å²) in [5.74, 6) is 0. The maximum absolute atomic E-state index is 5.94. The number of benzene rings is 1. The molecule has 0 saturated heterocycles. The Balaban J connectivity index is 1.85. The Morgan fingerprint density at radius 3 is 3.00 bits per heavy atom. The maximum atomic E-state index is 5.94. The molecule has 1 heterocycles. The molecule has 1 atom stereocenters. The van der Waals surface area contributed by atoms with Crippen LogP contribution in [-0.4, -0.2) is 15.0 Å². The van der Waals surface area contributed by atoms with Crippen LogP contribution in [0.15, 0.2) is 36.5 Å². The van der Waals surface area contributed by atoms with Gasteiger partial charge in [0, 0.05) is 6.20 Å². The van der Waals surface area contributed by atoms with Crippen molar-refractivity contribution in [2.45, 2.75) is 25.4 Å². The van der Waals surface area contributed by atoms with E-state index < -0.39 is 0 Å². The number of hydrogen-bond donors (Lipinski definition) is 1. The van der Waals surface area contributed by atoms with Crippen LogP contribution in [0.2, 0.25) is 0 Å². The van der Waals surface area contributed by atoms with Crippen LogP contribution in [0.25, 0.3) is 0 Å². The summed E-state index contributed by atoms with van der Waals surface area (Å²) in [5.41, 5.74) is 8.68. The number of fused-ring (bicyclic) bond motifs is 1. The van der Waals surface area contributed by atoms with Crippen LogP contribution in [0.3, 0.4) is 0 Å². The first-order valence-corrected chi connectivity index (χ1v) is 7.02. The van der Waals surface area contributed by atoms with Crippen LogP contribution < -0.4 is 10.5 Å². The molecule has 4 nitrogen and oxygen atoms in total. The molecule has 0 amide bonds. The molecule has 0 spiro atoms. The van der Waals surface area contributed by atoms with Gasteiger partial charge in [-0.1, -0.05) is 36.5 Å². The van der Waals surface area contributed by atoms with Gasteiger partial charge in [0.25, 0.3) is 0 Å². The maximum Gasteiger partial charge on any atom is 0.317 e. The highest BCUT2D eigenvalue weighted by molar-refractivity contribution is 7.80. The molecule has 0 saturated carbocycles. The van der Waals surface area contributed by atoms with Crippen LogP contribution in [0.1, 0.15) is 35.8 Å². The van der Waals surface area contributed by atoms with Crippen LogP contribution in [0.5, 0.6) is 6.01 Å². The molecule has 2 aromatic rings. The number of nitrogens with zero attached hydrogens (tertiary/aromatic N) is 2. The van der Waals surface area contributed by atoms with Gasteiger partial charge in [-0.25, -0.2) is 4.98 Å². The second-order valence-electron chi connectivity index (χ2n) is 4.79. The number of nitrogens with two attached hydrogens (primary N) is 1. The van der Waals surface area contributed by atoms with Crippen molar-refractivity contribution in [3.05, 3.63) is 53.3 Å². The van der Waals surface area contributed by atoms with Crippen molar-refractivity contribution in [2.24, 2.45) is 5.73 Å². The van der Waals surface area contributed by atoms with Crippen molar-refractivity contribution in [1.29, 1.82) is 0 Å². The normalized spacial score (nSPS) is 17.3. The molecule has 0 aliphatic heterocycles. The molecule has 2 N–H and O–H groups in total. The fourth-order valence-electron chi connectivity index (χ4n) is 2.49. The van der Waals surface area contributed by atoms with Gasteiger partial charge in [0.1, 0.15) is 16.8 Å². The molecule has 102 valence electrons. The third-order valence-corrected chi connectivity index (χ3v) is 3.66. The first-order chi connectivity index (χ1) is 9.74. The van der Waals surface area contributed by atoms with Gasteiger partial charge in [-0.05, 0) is 36.5 Å². The van der Waals surface area contributed by atoms with Crippen molar-refractivity contribution < 1.29 is 4.74 Å². The number of aromatic nitrogens is 2. The van der Waals surface area contributed by atoms with E-state index in [0.29, 0.717) is 11.7 Å². The molecule has 5 heteroatoms. The number of rotatable bonds is 3. The zero-order valence-corrected chi connectivity index (χ0v) is 11.8. The van der Waals surface area contributed by atoms with E-state index in [1.165, 1.54) is 11.1 Å². The smallest absolute Gasteiger partial charge is 0.317 e. The molecule has 1 aromatic heterocycles. The number of thiocarbonyl (C=S) groups is 1. The lowest BCUT2D eigenvalue weighted by Crippen LogP contribution is -2.17. The average molecular weight is 285 g/mol. The molecule has 0 fully saturated rings. The fourth-order valence-corrected chi connectivity index (χ4v) is 2.61. The van der Waals surface area contributed by atoms with Crippen molar-refractivity contribution in [1.82, 2.24) is 9.97 Å². The quantitative estimate of drug-likeness (QED) is 0.878. The standard InChI is InChI=1S/C15H15N3OS/c16-14(20)12-8-9-17-15(18-12)19-13-7-3-5-10-4-1-2-6-11(10)13/h1-2,4,6,8-9,13H,3,5,7H2,(H2,16,20). The fraction of sp³-hybridized carbons (Fsp3) is 0.267. The topological polar surface area (TPSA) is 61.0 Å². The highest BCUT2D eigenvalue weighted by atomic mass is 32.1. The first-order valence-electron chi connectivity index (χ1n) is 6.61. The predicted octanol–water partition coefficient (Wildman–Crippen LogP) is 2.57. The second kappa shape index (κ2) is 5.54. The summed E-state index contributed by atoms with van der Waals surface area (Å²) in [6.07, 6.45) is 4.80. The van der Waals surface area contributed by atoms with Gasteiger partial charge >= 0.3 is 6.01 Å². The lowest BCUT2D eigenvalue weighted by molar-refractivity contribution is 0.167. The SMILES string of the molecule is NC(=S)c1ccnc(OC2CCCc3ccccc32)n1. The molecule has 0 bridgehead atoms. The second-order valence-corrected chi connectivity index (χ2v) is 5.23. The van der Waals surface area contributed by atoms with E-state index in [0.717, 1.165) is 19.3 Å². The van der Waals surface area contributed by atoms with E-state index in [9.17, 15) is 0 Å². The average Bonchev–Trinajstić information content (AvgIpc) is 2.48. The summed E-state index contributed by atoms with van der Waals surface area (Å²) >= 11 is 4.92. The molecule has 1 aliphatic carbocycles. The highest BCUT2D eigenvalue weighted by Crippen LogP contribution is 2.32. The van der Waals surface area contributed by atoms with Gasteiger partial charge < -0.3 is 10.5 Å². The van der Waals surface area contributed by atoms with Gasteiger partial charge in [0.15, 0.2) is 0 Å². The number of ether oxygens (including phenoxy) is 1. The summed E-state index contributed by atoms with van der Waals surface area (Å²) in [6.45, 7) is 0. The summed E-state index contributed by atoms with van der Waals surface area (Å²) in [5, 5.41) is 0. The molecule has 20 heavy (non-hydrogen) atoms. The van der Waals surface area contributed by atoms with Gasteiger partial charge in [-0.15, -0.1) is 0 Å². The summed E-state index contributed by atoms with van der Waals surface area (Å²) in [6, 6.07) is 10.4. The van der Waals surface area contributed by atoms with Crippen LogP contribution in [-0.2, 0) is 6.42 Å². The summed E-state index contributed by atoms with van der Waals surface area (Å²) in [4.78, 5) is 8.63. The number of aryl methyl sites for hydroxylation is 1. The minimum absolute atomic E-state index is 0.00143. The Bertz CT molecular complexity index is 645. The van der Waals surface area contributed by atoms with E-state index in [4.69, 9.17) is 22.7 Å². The Kier molecular flexibility index (Phi) is 3.60. The van der Waals surface area contributed by atoms with E-state index in [2.05, 4.69) is 28.2 Å². The van der Waals surface area contributed by atoms with Gasteiger partial charge in [-0.2, -0.15) is 4.98 Å². The summed E-state index contributed by atoms with van der Waals surface area (Å²) in [7, 11) is 0. The molecule has 0 radical (unpaired) electrons. The van der Waals surface area contributed by atoms with Crippen molar-refractivity contribution in [3.63, 3.8) is 0 Å². The van der Waals surface area contributed by atoms with Gasteiger partial charge in [-0.3, -0.25) is 0 Å². The van der Waals surface area contributed by atoms with Crippen LogP contribution in [0.4, 0.5) is 0 Å². The Labute approximate surface area is 123 Å². The molecule has 1 unspecified atom stereocenters. The predicted molar refractivity (Wildman–Crippen MR) is 80.7 cm³/mol. The summed E-state index contributed by atoms with van der Waals surface area (Å²) < 4.78 is 5.94. The minimum Gasteiger partial charge on any atom is -0.455 e. The Hall–Kier alpha value is -2.01. The first kappa shape index (κ1) is 13.0. The van der Waals surface area contributed by atoms with Gasteiger partial charge in [0.05, 0.1) is 0 Å². The molecular weight excluding hydrogens is 270 g/mol. The molecule has 3 rings (SSSR count). The Morgan fingerprint density at radius 2 is 2.15 bits per heavy atom. The van der Waals surface area contributed by atoms with Crippen LogP contribution >= 0.6 is 12.2 Å². The van der Waals surface area contributed by atoms with Crippen molar-refractivity contribution in [3.8, 4) is 6.01 Å².